The zero-order valence-corrected chi connectivity index (χ0v) is 11.0. The summed E-state index contributed by atoms with van der Waals surface area (Å²) in [5.74, 6) is 2.28. The third-order valence-corrected chi connectivity index (χ3v) is 2.83. The van der Waals surface area contributed by atoms with Gasteiger partial charge in [-0.2, -0.15) is 0 Å². The Hall–Kier alpha value is -1.23. The Balaban J connectivity index is 2.23. The predicted molar refractivity (Wildman–Crippen MR) is 72.2 cm³/mol. The highest BCUT2D eigenvalue weighted by Gasteiger charge is 2.03. The predicted octanol–water partition coefficient (Wildman–Crippen LogP) is 4.09. The average molecular weight is 326 g/mol. The minimum absolute atomic E-state index is 0.728. The molecule has 2 nitrogen and oxygen atoms in total. The highest BCUT2D eigenvalue weighted by atomic mass is 127. The third-order valence-electron chi connectivity index (χ3n) is 2.11. The molecule has 2 aromatic carbocycles. The second-order valence-electron chi connectivity index (χ2n) is 3.21. The fraction of sp³-hybridized carbons (Fsp3) is 0.0769. The second-order valence-corrected chi connectivity index (χ2v) is 4.45. The molecule has 2 aromatic rings. The summed E-state index contributed by atoms with van der Waals surface area (Å²) in [5.41, 5.74) is 0. The fourth-order valence-electron chi connectivity index (χ4n) is 1.33. The van der Waals surface area contributed by atoms with Crippen LogP contribution in [0, 0.1) is 3.57 Å². The minimum Gasteiger partial charge on any atom is -0.493 e. The van der Waals surface area contributed by atoms with E-state index in [0.717, 1.165) is 17.2 Å². The number of methoxy groups -OCH3 is 1. The van der Waals surface area contributed by atoms with E-state index in [9.17, 15) is 0 Å². The molecule has 0 bridgehead atoms. The van der Waals surface area contributed by atoms with Gasteiger partial charge in [-0.1, -0.05) is 12.1 Å². The summed E-state index contributed by atoms with van der Waals surface area (Å²) in [6, 6.07) is 15.5. The van der Waals surface area contributed by atoms with Gasteiger partial charge in [0.05, 0.1) is 7.11 Å². The third kappa shape index (κ3) is 2.66. The summed E-state index contributed by atoms with van der Waals surface area (Å²) < 4.78 is 12.1. The molecule has 0 spiro atoms. The number of benzene rings is 2. The van der Waals surface area contributed by atoms with Gasteiger partial charge >= 0.3 is 0 Å². The van der Waals surface area contributed by atoms with E-state index in [1.165, 1.54) is 3.57 Å². The Morgan fingerprint density at radius 1 is 0.875 bits per heavy atom. The number of halogens is 1. The Bertz CT molecular complexity index is 466. The number of hydrogen-bond donors (Lipinski definition) is 0. The maximum Gasteiger partial charge on any atom is 0.169 e. The molecule has 82 valence electrons. The molecule has 0 unspecified atom stereocenters. The van der Waals surface area contributed by atoms with Crippen molar-refractivity contribution < 1.29 is 9.47 Å². The van der Waals surface area contributed by atoms with Crippen LogP contribution in [0.1, 0.15) is 0 Å². The molecule has 0 amide bonds. The van der Waals surface area contributed by atoms with Crippen molar-refractivity contribution in [2.75, 3.05) is 7.11 Å². The van der Waals surface area contributed by atoms with Crippen molar-refractivity contribution in [3.05, 3.63) is 52.1 Å². The molecule has 0 N–H and O–H groups in total. The van der Waals surface area contributed by atoms with Crippen LogP contribution < -0.4 is 9.47 Å². The van der Waals surface area contributed by atoms with Gasteiger partial charge in [0.15, 0.2) is 11.5 Å². The molecule has 0 aliphatic rings. The second kappa shape index (κ2) is 5.21. The zero-order chi connectivity index (χ0) is 11.4. The summed E-state index contributed by atoms with van der Waals surface area (Å²) >= 11 is 2.26. The van der Waals surface area contributed by atoms with Crippen molar-refractivity contribution >= 4 is 22.6 Å². The van der Waals surface area contributed by atoms with Crippen LogP contribution >= 0.6 is 22.6 Å². The number of para-hydroxylation sites is 2. The molecular weight excluding hydrogens is 315 g/mol. The number of ether oxygens (including phenoxy) is 2. The molecule has 0 saturated heterocycles. The minimum atomic E-state index is 0.728. The molecule has 0 fully saturated rings. The monoisotopic (exact) mass is 326 g/mol. The lowest BCUT2D eigenvalue weighted by atomic mass is 10.3. The first-order valence-corrected chi connectivity index (χ1v) is 5.94. The first-order chi connectivity index (χ1) is 7.79. The van der Waals surface area contributed by atoms with E-state index < -0.39 is 0 Å². The van der Waals surface area contributed by atoms with Gasteiger partial charge in [0.25, 0.3) is 0 Å². The Morgan fingerprint density at radius 2 is 1.50 bits per heavy atom. The van der Waals surface area contributed by atoms with Crippen molar-refractivity contribution in [1.29, 1.82) is 0 Å². The lowest BCUT2D eigenvalue weighted by Gasteiger charge is -2.09. The van der Waals surface area contributed by atoms with E-state index in [4.69, 9.17) is 9.47 Å². The fourth-order valence-corrected chi connectivity index (χ4v) is 1.69. The molecule has 0 heterocycles. The van der Waals surface area contributed by atoms with Gasteiger partial charge in [-0.3, -0.25) is 0 Å². The summed E-state index contributed by atoms with van der Waals surface area (Å²) in [5, 5.41) is 0. The summed E-state index contributed by atoms with van der Waals surface area (Å²) in [4.78, 5) is 0. The van der Waals surface area contributed by atoms with E-state index in [1.54, 1.807) is 7.11 Å². The van der Waals surface area contributed by atoms with Crippen LogP contribution in [0.15, 0.2) is 48.5 Å². The molecule has 0 radical (unpaired) electrons. The molecule has 0 aliphatic carbocycles. The highest BCUT2D eigenvalue weighted by molar-refractivity contribution is 14.1. The summed E-state index contributed by atoms with van der Waals surface area (Å²) in [6.45, 7) is 0. The van der Waals surface area contributed by atoms with Crippen molar-refractivity contribution in [1.82, 2.24) is 0 Å². The summed E-state index contributed by atoms with van der Waals surface area (Å²) in [7, 11) is 1.64. The van der Waals surface area contributed by atoms with Crippen molar-refractivity contribution in [3.63, 3.8) is 0 Å². The van der Waals surface area contributed by atoms with Gasteiger partial charge in [0.2, 0.25) is 0 Å². The van der Waals surface area contributed by atoms with Crippen molar-refractivity contribution in [2.24, 2.45) is 0 Å². The largest absolute Gasteiger partial charge is 0.493 e. The highest BCUT2D eigenvalue weighted by Crippen LogP contribution is 2.30. The lowest BCUT2D eigenvalue weighted by Crippen LogP contribution is -1.89. The van der Waals surface area contributed by atoms with E-state index in [2.05, 4.69) is 22.6 Å². The van der Waals surface area contributed by atoms with Crippen molar-refractivity contribution in [2.45, 2.75) is 0 Å². The van der Waals surface area contributed by atoms with E-state index in [1.807, 2.05) is 48.5 Å². The molecule has 2 rings (SSSR count). The summed E-state index contributed by atoms with van der Waals surface area (Å²) in [6.07, 6.45) is 0. The Labute approximate surface area is 108 Å². The van der Waals surface area contributed by atoms with E-state index >= 15 is 0 Å². The molecule has 0 atom stereocenters. The van der Waals surface area contributed by atoms with Gasteiger partial charge in [0, 0.05) is 3.57 Å². The van der Waals surface area contributed by atoms with Crippen LogP contribution in [-0.4, -0.2) is 7.11 Å². The van der Waals surface area contributed by atoms with E-state index in [-0.39, 0.29) is 0 Å². The van der Waals surface area contributed by atoms with Crippen LogP contribution in [0.3, 0.4) is 0 Å². The molecule has 16 heavy (non-hydrogen) atoms. The molecule has 0 aliphatic heterocycles. The van der Waals surface area contributed by atoms with Crippen LogP contribution in [0.4, 0.5) is 0 Å². The molecular formula is C13H11IO2. The Morgan fingerprint density at radius 3 is 2.12 bits per heavy atom. The van der Waals surface area contributed by atoms with Gasteiger partial charge in [0.1, 0.15) is 5.75 Å². The SMILES string of the molecule is COc1ccccc1Oc1ccc(I)cc1. The van der Waals surface area contributed by atoms with Crippen LogP contribution in [-0.2, 0) is 0 Å². The Kier molecular flexibility index (Phi) is 3.66. The molecule has 3 heteroatoms. The molecule has 0 saturated carbocycles. The smallest absolute Gasteiger partial charge is 0.169 e. The molecule has 0 aromatic heterocycles. The maximum atomic E-state index is 5.73. The van der Waals surface area contributed by atoms with Crippen LogP contribution in [0.2, 0.25) is 0 Å². The first kappa shape index (κ1) is 11.3. The van der Waals surface area contributed by atoms with Crippen molar-refractivity contribution in [3.8, 4) is 17.2 Å². The number of hydrogen-bond acceptors (Lipinski definition) is 2. The average Bonchev–Trinajstić information content (AvgIpc) is 2.33. The van der Waals surface area contributed by atoms with Gasteiger partial charge < -0.3 is 9.47 Å². The quantitative estimate of drug-likeness (QED) is 0.791. The van der Waals surface area contributed by atoms with E-state index in [0.29, 0.717) is 0 Å². The first-order valence-electron chi connectivity index (χ1n) is 4.86. The maximum absolute atomic E-state index is 5.73. The van der Waals surface area contributed by atoms with Crippen LogP contribution in [0.5, 0.6) is 17.2 Å². The topological polar surface area (TPSA) is 18.5 Å². The standard InChI is InChI=1S/C13H11IO2/c1-15-12-4-2-3-5-13(12)16-11-8-6-10(14)7-9-11/h2-9H,1H3. The lowest BCUT2D eigenvalue weighted by molar-refractivity contribution is 0.379. The van der Waals surface area contributed by atoms with Crippen LogP contribution in [0.25, 0.3) is 0 Å². The zero-order valence-electron chi connectivity index (χ0n) is 8.81. The van der Waals surface area contributed by atoms with Gasteiger partial charge in [-0.25, -0.2) is 0 Å². The normalized spacial score (nSPS) is 9.88. The van der Waals surface area contributed by atoms with Gasteiger partial charge in [-0.15, -0.1) is 0 Å². The number of rotatable bonds is 3. The van der Waals surface area contributed by atoms with Gasteiger partial charge in [-0.05, 0) is 59.0 Å².